The van der Waals surface area contributed by atoms with Crippen molar-refractivity contribution in [2.45, 2.75) is 63.3 Å². The third-order valence-corrected chi connectivity index (χ3v) is 5.38. The highest BCUT2D eigenvalue weighted by atomic mass is 19.4. The minimum atomic E-state index is -5.08. The van der Waals surface area contributed by atoms with Crippen LogP contribution in [0.5, 0.6) is 0 Å². The van der Waals surface area contributed by atoms with Crippen molar-refractivity contribution in [1.82, 2.24) is 4.90 Å². The number of aryl methyl sites for hydroxylation is 2. The second-order valence-corrected chi connectivity index (χ2v) is 7.67. The Kier molecular flexibility index (Phi) is 7.36. The van der Waals surface area contributed by atoms with Crippen molar-refractivity contribution in [3.05, 3.63) is 34.9 Å². The van der Waals surface area contributed by atoms with Gasteiger partial charge in [-0.25, -0.2) is 4.79 Å². The summed E-state index contributed by atoms with van der Waals surface area (Å²) in [5.41, 5.74) is 0.839. The molecule has 2 atom stereocenters. The van der Waals surface area contributed by atoms with Gasteiger partial charge in [-0.1, -0.05) is 18.2 Å². The van der Waals surface area contributed by atoms with Gasteiger partial charge in [-0.05, 0) is 49.9 Å². The topological polar surface area (TPSA) is 85.5 Å². The van der Waals surface area contributed by atoms with Gasteiger partial charge in [0.1, 0.15) is 0 Å². The van der Waals surface area contributed by atoms with Gasteiger partial charge in [0.15, 0.2) is 0 Å². The van der Waals surface area contributed by atoms with Crippen molar-refractivity contribution in [2.75, 3.05) is 13.1 Å². The Bertz CT molecular complexity index is 819. The summed E-state index contributed by atoms with van der Waals surface area (Å²) in [5, 5.41) is 24.1. The van der Waals surface area contributed by atoms with Gasteiger partial charge in [0.05, 0.1) is 6.10 Å². The third-order valence-electron chi connectivity index (χ3n) is 5.38. The number of β-amino-alcohol motifs (C(OH)–C–C–N with tert-alkyl or cyclic N) is 1. The number of benzene rings is 1. The molecule has 1 fully saturated rings. The third kappa shape index (κ3) is 6.39. The summed E-state index contributed by atoms with van der Waals surface area (Å²) >= 11 is 0. The van der Waals surface area contributed by atoms with E-state index in [2.05, 4.69) is 10.2 Å². The summed E-state index contributed by atoms with van der Waals surface area (Å²) < 4.78 is 70.8. The molecule has 0 amide bonds. The van der Waals surface area contributed by atoms with Crippen molar-refractivity contribution < 1.29 is 41.4 Å². The minimum absolute atomic E-state index is 0.143. The van der Waals surface area contributed by atoms with E-state index < -0.39 is 30.1 Å². The standard InChI is InChI=1S/C17H22F3N3O.C2HF3O2/c1-11-5-6-13(8-12(11)2)15(24)10-23-7-3-4-14(23)9-16(21-22-16)17(18,19)20;3-2(4,5)1(6)7/h5-6,8,14-15,24H,3-4,7,9-10H2,1-2H3;(H,6,7). The van der Waals surface area contributed by atoms with E-state index >= 15 is 0 Å². The molecule has 0 saturated carbocycles. The number of hydrogen-bond acceptors (Lipinski definition) is 5. The molecular weight excluding hydrogens is 432 g/mol. The van der Waals surface area contributed by atoms with E-state index in [1.54, 1.807) is 0 Å². The maximum atomic E-state index is 13.0. The number of halogens is 6. The molecule has 0 radical (unpaired) electrons. The van der Waals surface area contributed by atoms with E-state index in [0.717, 1.165) is 23.1 Å². The molecule has 2 aliphatic heterocycles. The van der Waals surface area contributed by atoms with Crippen LogP contribution in [0.3, 0.4) is 0 Å². The van der Waals surface area contributed by atoms with Gasteiger partial charge < -0.3 is 10.2 Å². The lowest BCUT2D eigenvalue weighted by Crippen LogP contribution is -2.42. The Balaban J connectivity index is 0.000000423. The van der Waals surface area contributed by atoms with Gasteiger partial charge in [-0.15, -0.1) is 10.2 Å². The molecule has 174 valence electrons. The lowest BCUT2D eigenvalue weighted by Gasteiger charge is -2.29. The second kappa shape index (κ2) is 9.11. The number of nitrogens with zero attached hydrogens (tertiary/aromatic N) is 3. The molecular formula is C19H23F6N3O3. The Hall–Kier alpha value is -2.21. The highest BCUT2D eigenvalue weighted by Gasteiger charge is 2.64. The van der Waals surface area contributed by atoms with Gasteiger partial charge >= 0.3 is 18.3 Å². The van der Waals surface area contributed by atoms with E-state index in [0.29, 0.717) is 19.5 Å². The number of carbonyl (C=O) groups is 1. The van der Waals surface area contributed by atoms with E-state index in [9.17, 15) is 31.4 Å². The Labute approximate surface area is 174 Å². The van der Waals surface area contributed by atoms with Gasteiger partial charge in [0.25, 0.3) is 5.66 Å². The van der Waals surface area contributed by atoms with Gasteiger partial charge in [0, 0.05) is 19.0 Å². The zero-order valence-corrected chi connectivity index (χ0v) is 16.8. The van der Waals surface area contributed by atoms with Gasteiger partial charge in [-0.3, -0.25) is 4.90 Å². The predicted octanol–water partition coefficient (Wildman–Crippen LogP) is 4.55. The number of aliphatic hydroxyl groups is 1. The Morgan fingerprint density at radius 2 is 1.77 bits per heavy atom. The average Bonchev–Trinajstić information content (AvgIpc) is 3.31. The normalized spacial score (nSPS) is 21.4. The summed E-state index contributed by atoms with van der Waals surface area (Å²) in [6.07, 6.45) is -8.84. The Morgan fingerprint density at radius 3 is 2.23 bits per heavy atom. The quantitative estimate of drug-likeness (QED) is 0.638. The van der Waals surface area contributed by atoms with Crippen molar-refractivity contribution in [2.24, 2.45) is 10.2 Å². The van der Waals surface area contributed by atoms with Crippen molar-refractivity contribution in [3.8, 4) is 0 Å². The summed E-state index contributed by atoms with van der Waals surface area (Å²) in [5.74, 6) is -2.76. The molecule has 3 rings (SSSR count). The van der Waals surface area contributed by atoms with Crippen LogP contribution in [0.25, 0.3) is 0 Å². The van der Waals surface area contributed by atoms with Crippen molar-refractivity contribution >= 4 is 5.97 Å². The number of carboxylic acids is 1. The monoisotopic (exact) mass is 455 g/mol. The first-order valence-electron chi connectivity index (χ1n) is 9.46. The molecule has 2 heterocycles. The fourth-order valence-electron chi connectivity index (χ4n) is 3.37. The number of aliphatic carboxylic acids is 1. The number of rotatable bonds is 5. The van der Waals surface area contributed by atoms with E-state index in [4.69, 9.17) is 9.90 Å². The fourth-order valence-corrected chi connectivity index (χ4v) is 3.37. The molecule has 0 aliphatic carbocycles. The summed E-state index contributed by atoms with van der Waals surface area (Å²) in [4.78, 5) is 10.8. The zero-order valence-electron chi connectivity index (χ0n) is 16.8. The first-order chi connectivity index (χ1) is 14.2. The lowest BCUT2D eigenvalue weighted by molar-refractivity contribution is -0.192. The van der Waals surface area contributed by atoms with E-state index in [1.165, 1.54) is 0 Å². The molecule has 2 N–H and O–H groups in total. The molecule has 0 aromatic heterocycles. The smallest absolute Gasteiger partial charge is 0.475 e. The van der Waals surface area contributed by atoms with Crippen LogP contribution >= 0.6 is 0 Å². The molecule has 12 heteroatoms. The molecule has 6 nitrogen and oxygen atoms in total. The average molecular weight is 455 g/mol. The number of carboxylic acid groups (broad SMARTS) is 1. The lowest BCUT2D eigenvalue weighted by atomic mass is 9.99. The number of hydrogen-bond donors (Lipinski definition) is 2. The van der Waals surface area contributed by atoms with Crippen LogP contribution in [0.2, 0.25) is 0 Å². The number of likely N-dealkylation sites (tertiary alicyclic amines) is 1. The summed E-state index contributed by atoms with van der Waals surface area (Å²) in [6.45, 7) is 5.01. The highest BCUT2D eigenvalue weighted by molar-refractivity contribution is 5.73. The van der Waals surface area contributed by atoms with Crippen LogP contribution in [-0.4, -0.2) is 58.2 Å². The Morgan fingerprint density at radius 1 is 1.19 bits per heavy atom. The maximum absolute atomic E-state index is 13.0. The SMILES string of the molecule is Cc1ccc(C(O)CN2CCCC2CC2(C(F)(F)F)N=N2)cc1C.O=C(O)C(F)(F)F. The first kappa shape index (κ1) is 25.1. The zero-order chi connectivity index (χ0) is 23.6. The largest absolute Gasteiger partial charge is 0.490 e. The molecule has 2 unspecified atom stereocenters. The van der Waals surface area contributed by atoms with Crippen LogP contribution in [0, 0.1) is 13.8 Å². The number of alkyl halides is 6. The number of aliphatic hydroxyl groups excluding tert-OH is 1. The molecule has 1 saturated heterocycles. The second-order valence-electron chi connectivity index (χ2n) is 7.67. The van der Waals surface area contributed by atoms with Crippen LogP contribution in [0.4, 0.5) is 26.3 Å². The first-order valence-corrected chi connectivity index (χ1v) is 9.46. The summed E-state index contributed by atoms with van der Waals surface area (Å²) in [7, 11) is 0. The van der Waals surface area contributed by atoms with Crippen LogP contribution in [0.1, 0.15) is 42.1 Å². The van der Waals surface area contributed by atoms with Crippen LogP contribution in [0.15, 0.2) is 28.4 Å². The molecule has 0 spiro atoms. The molecule has 0 bridgehead atoms. The van der Waals surface area contributed by atoms with Crippen molar-refractivity contribution in [3.63, 3.8) is 0 Å². The molecule has 2 aliphatic rings. The fraction of sp³-hybridized carbons (Fsp3) is 0.632. The van der Waals surface area contributed by atoms with E-state index in [-0.39, 0.29) is 12.5 Å². The van der Waals surface area contributed by atoms with Gasteiger partial charge in [-0.2, -0.15) is 26.3 Å². The molecule has 1 aromatic carbocycles. The van der Waals surface area contributed by atoms with Gasteiger partial charge in [0.2, 0.25) is 0 Å². The van der Waals surface area contributed by atoms with Crippen molar-refractivity contribution in [1.29, 1.82) is 0 Å². The highest BCUT2D eigenvalue weighted by Crippen LogP contribution is 2.49. The predicted molar refractivity (Wildman–Crippen MR) is 97.4 cm³/mol. The maximum Gasteiger partial charge on any atom is 0.490 e. The molecule has 31 heavy (non-hydrogen) atoms. The minimum Gasteiger partial charge on any atom is -0.475 e. The van der Waals surface area contributed by atoms with Crippen LogP contribution in [-0.2, 0) is 4.79 Å². The molecule has 1 aromatic rings. The summed E-state index contributed by atoms with van der Waals surface area (Å²) in [6, 6.07) is 5.52. The van der Waals surface area contributed by atoms with Crippen LogP contribution < -0.4 is 0 Å². The van der Waals surface area contributed by atoms with E-state index in [1.807, 2.05) is 36.9 Å².